The fraction of sp³-hybridized carbons (Fsp3) is 0.176. The van der Waals surface area contributed by atoms with Gasteiger partial charge in [-0.1, -0.05) is 30.4 Å². The first-order valence-electron chi connectivity index (χ1n) is 7.32. The molecule has 0 fully saturated rings. The first kappa shape index (κ1) is 14.1. The number of H-pyrrole nitrogens is 2. The van der Waals surface area contributed by atoms with E-state index >= 15 is 0 Å². The third-order valence-corrected chi connectivity index (χ3v) is 3.44. The lowest BCUT2D eigenvalue weighted by atomic mass is 10.2. The van der Waals surface area contributed by atoms with Gasteiger partial charge in [0.1, 0.15) is 11.5 Å². The topological polar surface area (TPSA) is 69.4 Å². The van der Waals surface area contributed by atoms with Crippen LogP contribution in [0.25, 0.3) is 22.6 Å². The Balaban J connectivity index is 1.76. The number of rotatable bonds is 5. The molecule has 0 amide bonds. The number of anilines is 1. The van der Waals surface area contributed by atoms with Crippen LogP contribution >= 0.6 is 0 Å². The summed E-state index contributed by atoms with van der Waals surface area (Å²) in [7, 11) is 0. The van der Waals surface area contributed by atoms with Gasteiger partial charge in [-0.05, 0) is 31.6 Å². The summed E-state index contributed by atoms with van der Waals surface area (Å²) >= 11 is 0. The van der Waals surface area contributed by atoms with Crippen LogP contribution in [0.2, 0.25) is 0 Å². The van der Waals surface area contributed by atoms with Crippen molar-refractivity contribution in [3.8, 4) is 11.5 Å². The number of aromatic nitrogens is 4. The molecule has 0 atom stereocenters. The highest BCUT2D eigenvalue weighted by atomic mass is 15.2. The summed E-state index contributed by atoms with van der Waals surface area (Å²) in [6, 6.07) is 9.91. The van der Waals surface area contributed by atoms with E-state index < -0.39 is 0 Å². The van der Waals surface area contributed by atoms with Crippen LogP contribution in [0.5, 0.6) is 0 Å². The van der Waals surface area contributed by atoms with Crippen LogP contribution in [0.15, 0.2) is 54.1 Å². The Hall–Kier alpha value is -2.82. The lowest BCUT2D eigenvalue weighted by Crippen LogP contribution is -2.03. The van der Waals surface area contributed by atoms with Gasteiger partial charge in [-0.25, -0.2) is 4.98 Å². The van der Waals surface area contributed by atoms with Crippen molar-refractivity contribution in [2.75, 3.05) is 11.9 Å². The van der Waals surface area contributed by atoms with E-state index in [1.807, 2.05) is 50.3 Å². The van der Waals surface area contributed by atoms with Crippen LogP contribution in [0.3, 0.4) is 0 Å². The molecule has 0 radical (unpaired) electrons. The zero-order chi connectivity index (χ0) is 15.4. The molecule has 0 bridgehead atoms. The second kappa shape index (κ2) is 6.30. The minimum absolute atomic E-state index is 0.753. The van der Waals surface area contributed by atoms with Gasteiger partial charge in [0, 0.05) is 12.6 Å². The van der Waals surface area contributed by atoms with E-state index in [1.54, 1.807) is 0 Å². The Morgan fingerprint density at radius 1 is 1.27 bits per heavy atom. The molecule has 22 heavy (non-hydrogen) atoms. The minimum Gasteiger partial charge on any atom is -0.366 e. The molecule has 0 aliphatic carbocycles. The molecule has 3 rings (SSSR count). The van der Waals surface area contributed by atoms with E-state index in [1.165, 1.54) is 5.57 Å². The van der Waals surface area contributed by atoms with Gasteiger partial charge in [-0.2, -0.15) is 5.10 Å². The molecule has 2 heterocycles. The predicted molar refractivity (Wildman–Crippen MR) is 90.7 cm³/mol. The van der Waals surface area contributed by atoms with E-state index in [4.69, 9.17) is 0 Å². The van der Waals surface area contributed by atoms with Gasteiger partial charge in [-0.15, -0.1) is 0 Å². The molecule has 0 unspecified atom stereocenters. The van der Waals surface area contributed by atoms with Crippen molar-refractivity contribution in [3.63, 3.8) is 0 Å². The Morgan fingerprint density at radius 3 is 2.91 bits per heavy atom. The smallest absolute Gasteiger partial charge is 0.159 e. The Labute approximate surface area is 129 Å². The highest BCUT2D eigenvalue weighted by molar-refractivity contribution is 5.78. The number of para-hydroxylation sites is 2. The zero-order valence-electron chi connectivity index (χ0n) is 12.7. The normalized spacial score (nSPS) is 12.4. The molecule has 5 nitrogen and oxygen atoms in total. The van der Waals surface area contributed by atoms with E-state index in [-0.39, 0.29) is 0 Å². The molecule has 0 saturated carbocycles. The number of nitrogens with zero attached hydrogens (tertiary/aromatic N) is 2. The molecule has 3 N–H and O–H groups in total. The third-order valence-electron chi connectivity index (χ3n) is 3.44. The number of hydrogen-bond acceptors (Lipinski definition) is 3. The van der Waals surface area contributed by atoms with Crippen LogP contribution in [-0.2, 0) is 0 Å². The molecule has 0 aliphatic rings. The van der Waals surface area contributed by atoms with Gasteiger partial charge in [0.05, 0.1) is 11.0 Å². The van der Waals surface area contributed by atoms with Gasteiger partial charge >= 0.3 is 0 Å². The summed E-state index contributed by atoms with van der Waals surface area (Å²) in [6.07, 6.45) is 6.21. The predicted octanol–water partition coefficient (Wildman–Crippen LogP) is 3.89. The van der Waals surface area contributed by atoms with E-state index in [9.17, 15) is 0 Å². The summed E-state index contributed by atoms with van der Waals surface area (Å²) in [6.45, 7) is 4.80. The zero-order valence-corrected chi connectivity index (χ0v) is 12.7. The summed E-state index contributed by atoms with van der Waals surface area (Å²) in [5, 5.41) is 10.6. The van der Waals surface area contributed by atoms with Crippen LogP contribution < -0.4 is 5.32 Å². The molecule has 0 saturated heterocycles. The average molecular weight is 293 g/mol. The first-order chi connectivity index (χ1) is 10.8. The van der Waals surface area contributed by atoms with Crippen molar-refractivity contribution in [1.82, 2.24) is 20.2 Å². The summed E-state index contributed by atoms with van der Waals surface area (Å²) in [4.78, 5) is 7.83. The lowest BCUT2D eigenvalue weighted by Gasteiger charge is -2.03. The van der Waals surface area contributed by atoms with Crippen molar-refractivity contribution in [3.05, 3.63) is 54.1 Å². The van der Waals surface area contributed by atoms with Gasteiger partial charge in [0.15, 0.2) is 5.82 Å². The Bertz CT molecular complexity index is 789. The lowest BCUT2D eigenvalue weighted by molar-refractivity contribution is 1.07. The van der Waals surface area contributed by atoms with Crippen LogP contribution in [0.1, 0.15) is 13.8 Å². The summed E-state index contributed by atoms with van der Waals surface area (Å²) in [5.41, 5.74) is 3.98. The monoisotopic (exact) mass is 293 g/mol. The fourth-order valence-corrected chi connectivity index (χ4v) is 2.28. The molecule has 112 valence electrons. The summed E-state index contributed by atoms with van der Waals surface area (Å²) < 4.78 is 0. The Kier molecular flexibility index (Phi) is 4.05. The minimum atomic E-state index is 0.753. The summed E-state index contributed by atoms with van der Waals surface area (Å²) in [5.74, 6) is 1.64. The van der Waals surface area contributed by atoms with Gasteiger partial charge in [0.25, 0.3) is 0 Å². The number of fused-ring (bicyclic) bond motifs is 1. The second-order valence-corrected chi connectivity index (χ2v) is 4.99. The highest BCUT2D eigenvalue weighted by Crippen LogP contribution is 2.20. The van der Waals surface area contributed by atoms with Gasteiger partial charge in [0.2, 0.25) is 0 Å². The van der Waals surface area contributed by atoms with E-state index in [0.29, 0.717) is 0 Å². The molecule has 1 aromatic carbocycles. The first-order valence-corrected chi connectivity index (χ1v) is 7.32. The number of allylic oxidation sites excluding steroid dienone is 2. The number of imidazole rings is 1. The second-order valence-electron chi connectivity index (χ2n) is 4.99. The number of aromatic amines is 2. The average Bonchev–Trinajstić information content (AvgIpc) is 3.17. The molecule has 0 spiro atoms. The maximum absolute atomic E-state index is 4.55. The Morgan fingerprint density at radius 2 is 2.14 bits per heavy atom. The maximum Gasteiger partial charge on any atom is 0.159 e. The van der Waals surface area contributed by atoms with E-state index in [2.05, 4.69) is 37.6 Å². The quantitative estimate of drug-likeness (QED) is 0.625. The van der Waals surface area contributed by atoms with Crippen LogP contribution in [0.4, 0.5) is 5.82 Å². The largest absolute Gasteiger partial charge is 0.366 e. The molecule has 0 aliphatic heterocycles. The molecule has 3 aromatic rings. The van der Waals surface area contributed by atoms with Gasteiger partial charge in [-0.3, -0.25) is 5.10 Å². The van der Waals surface area contributed by atoms with Crippen molar-refractivity contribution in [2.45, 2.75) is 13.8 Å². The van der Waals surface area contributed by atoms with Crippen molar-refractivity contribution in [2.24, 2.45) is 0 Å². The van der Waals surface area contributed by atoms with Crippen molar-refractivity contribution >= 4 is 16.9 Å². The fourth-order valence-electron chi connectivity index (χ4n) is 2.28. The van der Waals surface area contributed by atoms with Crippen molar-refractivity contribution in [1.29, 1.82) is 0 Å². The molecular formula is C17H19N5. The maximum atomic E-state index is 4.55. The molecule has 5 heteroatoms. The third kappa shape index (κ3) is 2.93. The number of benzene rings is 1. The van der Waals surface area contributed by atoms with Crippen LogP contribution in [-0.4, -0.2) is 26.7 Å². The van der Waals surface area contributed by atoms with Crippen LogP contribution in [0, 0.1) is 0 Å². The molecular weight excluding hydrogens is 274 g/mol. The molecule has 2 aromatic heterocycles. The standard InChI is InChI=1S/C17H19N5/c1-3-7-12(4-2)11-18-16-10-15(21-22-16)17-19-13-8-5-6-9-14(13)20-17/h3-10H,11H2,1-2H3,(H,19,20)(H2,18,21,22)/b7-3-,12-4+. The highest BCUT2D eigenvalue weighted by Gasteiger charge is 2.08. The van der Waals surface area contributed by atoms with Crippen molar-refractivity contribution < 1.29 is 0 Å². The SMILES string of the molecule is C/C=C\C(=C/C)CNc1cc(-c2nc3ccccc3[nH]2)n[nH]1. The van der Waals surface area contributed by atoms with Gasteiger partial charge < -0.3 is 10.3 Å². The van der Waals surface area contributed by atoms with E-state index in [0.717, 1.165) is 34.9 Å². The number of nitrogens with one attached hydrogen (secondary N) is 3. The number of hydrogen-bond donors (Lipinski definition) is 3.